The Hall–Kier alpha value is -3.20. The van der Waals surface area contributed by atoms with E-state index in [-0.39, 0.29) is 17.7 Å². The number of aromatic nitrogens is 1. The van der Waals surface area contributed by atoms with Crippen LogP contribution in [0.15, 0.2) is 71.8 Å². The highest BCUT2D eigenvalue weighted by molar-refractivity contribution is 7.90. The molecular weight excluding hydrogens is 513 g/mol. The van der Waals surface area contributed by atoms with Gasteiger partial charge in [-0.05, 0) is 55.3 Å². The molecule has 10 heteroatoms. The molecule has 7 nitrogen and oxygen atoms in total. The Balaban J connectivity index is 1.76. The van der Waals surface area contributed by atoms with Gasteiger partial charge in [-0.3, -0.25) is 4.79 Å². The number of aliphatic carboxylic acids is 1. The minimum atomic E-state index is -4.06. The van der Waals surface area contributed by atoms with E-state index in [0.29, 0.717) is 50.4 Å². The largest absolute Gasteiger partial charge is 0.494 e. The molecule has 0 unspecified atom stereocenters. The summed E-state index contributed by atoms with van der Waals surface area (Å²) in [4.78, 5) is 11.1. The van der Waals surface area contributed by atoms with Gasteiger partial charge in [-0.2, -0.15) is 0 Å². The summed E-state index contributed by atoms with van der Waals surface area (Å²) in [6, 6.07) is 15.9. The monoisotopic (exact) mass is 533 g/mol. The molecule has 4 aromatic rings. The van der Waals surface area contributed by atoms with Crippen molar-refractivity contribution >= 4 is 50.1 Å². The Morgan fingerprint density at radius 1 is 0.971 bits per heavy atom. The van der Waals surface area contributed by atoms with E-state index in [1.807, 2.05) is 6.92 Å². The number of ether oxygens (including phenoxy) is 2. The summed E-state index contributed by atoms with van der Waals surface area (Å²) in [6.07, 6.45) is 1.52. The molecule has 1 aromatic heterocycles. The zero-order valence-corrected chi connectivity index (χ0v) is 20.9. The Bertz CT molecular complexity index is 1510. The second kappa shape index (κ2) is 10.2. The van der Waals surface area contributed by atoms with Gasteiger partial charge in [0.15, 0.2) is 0 Å². The van der Waals surface area contributed by atoms with Crippen LogP contribution < -0.4 is 9.47 Å². The number of aryl methyl sites for hydroxylation is 1. The van der Waals surface area contributed by atoms with E-state index in [0.717, 1.165) is 3.97 Å². The van der Waals surface area contributed by atoms with E-state index in [1.165, 1.54) is 24.4 Å². The van der Waals surface area contributed by atoms with Crippen molar-refractivity contribution in [2.24, 2.45) is 0 Å². The third-order valence-electron chi connectivity index (χ3n) is 5.23. The fraction of sp³-hybridized carbons (Fsp3) is 0.160. The average Bonchev–Trinajstić information content (AvgIpc) is 3.19. The van der Waals surface area contributed by atoms with Gasteiger partial charge in [0.1, 0.15) is 17.2 Å². The number of carboxylic acids is 1. The van der Waals surface area contributed by atoms with Crippen LogP contribution >= 0.6 is 23.2 Å². The number of halogens is 2. The van der Waals surface area contributed by atoms with Gasteiger partial charge in [0.05, 0.1) is 27.1 Å². The lowest BCUT2D eigenvalue weighted by atomic mass is 10.1. The molecule has 3 aromatic carbocycles. The molecule has 0 aliphatic carbocycles. The number of carbonyl (C=O) groups is 1. The van der Waals surface area contributed by atoms with Crippen molar-refractivity contribution in [3.8, 4) is 17.2 Å². The lowest BCUT2D eigenvalue weighted by molar-refractivity contribution is -0.136. The Labute approximate surface area is 212 Å². The summed E-state index contributed by atoms with van der Waals surface area (Å²) in [5.74, 6) is 0.239. The van der Waals surface area contributed by atoms with Crippen molar-refractivity contribution in [2.45, 2.75) is 24.7 Å². The number of hydrogen-bond acceptors (Lipinski definition) is 5. The van der Waals surface area contributed by atoms with Crippen molar-refractivity contribution in [3.63, 3.8) is 0 Å². The van der Waals surface area contributed by atoms with Gasteiger partial charge in [-0.1, -0.05) is 29.3 Å². The molecule has 35 heavy (non-hydrogen) atoms. The average molecular weight is 534 g/mol. The van der Waals surface area contributed by atoms with Crippen LogP contribution in [0.25, 0.3) is 10.9 Å². The van der Waals surface area contributed by atoms with Crippen LogP contribution in [-0.4, -0.2) is 30.1 Å². The summed E-state index contributed by atoms with van der Waals surface area (Å²) < 4.78 is 39.9. The Morgan fingerprint density at radius 3 is 2.43 bits per heavy atom. The Kier molecular flexibility index (Phi) is 7.25. The minimum absolute atomic E-state index is 0.00134. The van der Waals surface area contributed by atoms with Crippen LogP contribution in [0, 0.1) is 0 Å². The number of nitrogens with zero attached hydrogens (tertiary/aromatic N) is 1. The van der Waals surface area contributed by atoms with Crippen LogP contribution in [0.2, 0.25) is 10.0 Å². The first-order valence-corrected chi connectivity index (χ1v) is 12.9. The van der Waals surface area contributed by atoms with Crippen LogP contribution in [0.4, 0.5) is 0 Å². The molecule has 0 saturated heterocycles. The number of carboxylic acid groups (broad SMARTS) is 1. The van der Waals surface area contributed by atoms with E-state index in [4.69, 9.17) is 37.8 Å². The number of fused-ring (bicyclic) bond motifs is 1. The molecule has 0 bridgehead atoms. The molecular formula is C25H21Cl2NO6S. The van der Waals surface area contributed by atoms with E-state index >= 15 is 0 Å². The smallest absolute Gasteiger partial charge is 0.303 e. The summed E-state index contributed by atoms with van der Waals surface area (Å²) in [7, 11) is -4.06. The number of hydrogen-bond donors (Lipinski definition) is 1. The predicted molar refractivity (Wildman–Crippen MR) is 135 cm³/mol. The molecule has 0 atom stereocenters. The van der Waals surface area contributed by atoms with Gasteiger partial charge in [0.2, 0.25) is 0 Å². The lowest BCUT2D eigenvalue weighted by Gasteiger charge is -2.11. The van der Waals surface area contributed by atoms with Crippen LogP contribution in [-0.2, 0) is 21.2 Å². The quantitative estimate of drug-likeness (QED) is 0.267. The third-order valence-corrected chi connectivity index (χ3v) is 7.64. The Morgan fingerprint density at radius 2 is 1.71 bits per heavy atom. The SMILES string of the molecule is CCOc1ccc2c(CCC(=O)O)cn(S(=O)(=O)c3cccc(Oc4ccc(Cl)c(Cl)c4)c3)c2c1. The highest BCUT2D eigenvalue weighted by atomic mass is 35.5. The fourth-order valence-corrected chi connectivity index (χ4v) is 5.34. The normalized spacial score (nSPS) is 11.5. The second-order valence-corrected chi connectivity index (χ2v) is 10.2. The lowest BCUT2D eigenvalue weighted by Crippen LogP contribution is -2.12. The standard InChI is InChI=1S/C25H21Cl2NO6S/c1-2-33-17-7-9-21-16(6-11-25(29)30)15-28(24(21)14-17)35(31,32)20-5-3-4-18(12-20)34-19-8-10-22(26)23(27)13-19/h3-5,7-10,12-15H,2,6,11H2,1H3,(H,29,30). The molecule has 1 heterocycles. The molecule has 0 aliphatic rings. The number of benzene rings is 3. The maximum Gasteiger partial charge on any atom is 0.303 e. The second-order valence-electron chi connectivity index (χ2n) is 7.61. The highest BCUT2D eigenvalue weighted by Gasteiger charge is 2.23. The van der Waals surface area contributed by atoms with Crippen molar-refractivity contribution in [3.05, 3.63) is 82.5 Å². The van der Waals surface area contributed by atoms with Crippen LogP contribution in [0.1, 0.15) is 18.9 Å². The topological polar surface area (TPSA) is 94.8 Å². The maximum absolute atomic E-state index is 13.7. The molecule has 182 valence electrons. The third kappa shape index (κ3) is 5.40. The molecule has 0 radical (unpaired) electrons. The van der Waals surface area contributed by atoms with Crippen LogP contribution in [0.3, 0.4) is 0 Å². The van der Waals surface area contributed by atoms with Crippen molar-refractivity contribution in [1.29, 1.82) is 0 Å². The molecule has 0 spiro atoms. The summed E-state index contributed by atoms with van der Waals surface area (Å²) in [6.45, 7) is 2.25. The summed E-state index contributed by atoms with van der Waals surface area (Å²) >= 11 is 12.0. The first-order chi connectivity index (χ1) is 16.7. The maximum atomic E-state index is 13.7. The van der Waals surface area contributed by atoms with Gasteiger partial charge in [-0.15, -0.1) is 0 Å². The van der Waals surface area contributed by atoms with E-state index < -0.39 is 16.0 Å². The van der Waals surface area contributed by atoms with Gasteiger partial charge in [0.25, 0.3) is 10.0 Å². The van der Waals surface area contributed by atoms with Gasteiger partial charge >= 0.3 is 5.97 Å². The van der Waals surface area contributed by atoms with Crippen molar-refractivity contribution in [2.75, 3.05) is 6.61 Å². The van der Waals surface area contributed by atoms with Crippen LogP contribution in [0.5, 0.6) is 17.2 Å². The molecule has 0 fully saturated rings. The zero-order chi connectivity index (χ0) is 25.2. The summed E-state index contributed by atoms with van der Waals surface area (Å²) in [5, 5.41) is 10.4. The fourth-order valence-electron chi connectivity index (χ4n) is 3.63. The molecule has 4 rings (SSSR count). The van der Waals surface area contributed by atoms with Crippen molar-refractivity contribution in [1.82, 2.24) is 3.97 Å². The first-order valence-electron chi connectivity index (χ1n) is 10.7. The van der Waals surface area contributed by atoms with Crippen molar-refractivity contribution < 1.29 is 27.8 Å². The number of rotatable bonds is 9. The highest BCUT2D eigenvalue weighted by Crippen LogP contribution is 2.33. The molecule has 0 amide bonds. The molecule has 0 aliphatic heterocycles. The first kappa shape index (κ1) is 24.9. The van der Waals surface area contributed by atoms with Gasteiger partial charge in [-0.25, -0.2) is 12.4 Å². The van der Waals surface area contributed by atoms with E-state index in [2.05, 4.69) is 0 Å². The summed E-state index contributed by atoms with van der Waals surface area (Å²) in [5.41, 5.74) is 1.00. The molecule has 0 saturated carbocycles. The molecule has 1 N–H and O–H groups in total. The minimum Gasteiger partial charge on any atom is -0.494 e. The van der Waals surface area contributed by atoms with E-state index in [1.54, 1.807) is 42.5 Å². The van der Waals surface area contributed by atoms with E-state index in [9.17, 15) is 13.2 Å². The van der Waals surface area contributed by atoms with Gasteiger partial charge < -0.3 is 14.6 Å². The predicted octanol–water partition coefficient (Wildman–Crippen LogP) is 6.39. The van der Waals surface area contributed by atoms with Gasteiger partial charge in [0, 0.05) is 36.2 Å². The zero-order valence-electron chi connectivity index (χ0n) is 18.6.